The number of hydrogen-bond acceptors (Lipinski definition) is 3. The van der Waals surface area contributed by atoms with Crippen LogP contribution in [0.1, 0.15) is 25.8 Å². The van der Waals surface area contributed by atoms with Gasteiger partial charge < -0.3 is 9.47 Å². The molecule has 0 radical (unpaired) electrons. The molecule has 0 aliphatic heterocycles. The second-order valence-electron chi connectivity index (χ2n) is 5.46. The summed E-state index contributed by atoms with van der Waals surface area (Å²) < 4.78 is 11.2. The van der Waals surface area contributed by atoms with E-state index in [9.17, 15) is 4.79 Å². The molecule has 2 unspecified atom stereocenters. The molecule has 0 spiro atoms. The molecule has 0 saturated heterocycles. The Balaban J connectivity index is 1.94. The first kappa shape index (κ1) is 17.5. The van der Waals surface area contributed by atoms with Gasteiger partial charge in [0.2, 0.25) is 0 Å². The number of esters is 1. The molecular weight excluding hydrogens is 356 g/mol. The van der Waals surface area contributed by atoms with Crippen LogP contribution in [0.25, 0.3) is 0 Å². The summed E-state index contributed by atoms with van der Waals surface area (Å²) in [5.74, 6) is 1.52. The van der Waals surface area contributed by atoms with E-state index in [4.69, 9.17) is 9.47 Å². The third kappa shape index (κ3) is 5.39. The average Bonchev–Trinajstić information content (AvgIpc) is 2.59. The maximum absolute atomic E-state index is 12.0. The minimum Gasteiger partial charge on any atom is -0.460 e. The third-order valence-electron chi connectivity index (χ3n) is 3.63. The van der Waals surface area contributed by atoms with Crippen LogP contribution in [0, 0.1) is 5.92 Å². The SMILES string of the molecule is CCC(C)C(Br)C(=O)OCc1cccc(Oc2ccccc2)c1. The van der Waals surface area contributed by atoms with E-state index in [0.29, 0.717) is 0 Å². The van der Waals surface area contributed by atoms with Gasteiger partial charge in [0.25, 0.3) is 0 Å². The van der Waals surface area contributed by atoms with Crippen molar-refractivity contribution >= 4 is 21.9 Å². The molecule has 0 aliphatic carbocycles. The second kappa shape index (κ2) is 8.73. The van der Waals surface area contributed by atoms with Gasteiger partial charge in [0.15, 0.2) is 0 Å². The maximum Gasteiger partial charge on any atom is 0.320 e. The summed E-state index contributed by atoms with van der Waals surface area (Å²) in [6.45, 7) is 4.31. The molecule has 2 atom stereocenters. The molecule has 0 aromatic heterocycles. The van der Waals surface area contributed by atoms with Crippen LogP contribution in [-0.2, 0) is 16.1 Å². The first-order valence-corrected chi connectivity index (χ1v) is 8.64. The molecule has 0 bridgehead atoms. The highest BCUT2D eigenvalue weighted by Crippen LogP contribution is 2.23. The van der Waals surface area contributed by atoms with Gasteiger partial charge in [0.1, 0.15) is 22.9 Å². The Morgan fingerprint density at radius 3 is 2.48 bits per heavy atom. The Bertz CT molecular complexity index is 628. The number of hydrogen-bond donors (Lipinski definition) is 0. The molecule has 3 nitrogen and oxygen atoms in total. The average molecular weight is 377 g/mol. The van der Waals surface area contributed by atoms with Crippen molar-refractivity contribution < 1.29 is 14.3 Å². The van der Waals surface area contributed by atoms with E-state index in [0.717, 1.165) is 23.5 Å². The van der Waals surface area contributed by atoms with Crippen molar-refractivity contribution in [2.75, 3.05) is 0 Å². The lowest BCUT2D eigenvalue weighted by molar-refractivity contribution is -0.145. The zero-order valence-electron chi connectivity index (χ0n) is 13.4. The molecule has 2 rings (SSSR count). The van der Waals surface area contributed by atoms with E-state index >= 15 is 0 Å². The van der Waals surface area contributed by atoms with Crippen LogP contribution in [0.15, 0.2) is 54.6 Å². The Labute approximate surface area is 145 Å². The topological polar surface area (TPSA) is 35.5 Å². The molecule has 2 aromatic carbocycles. The fourth-order valence-electron chi connectivity index (χ4n) is 2.00. The van der Waals surface area contributed by atoms with Crippen molar-refractivity contribution in [3.05, 3.63) is 60.2 Å². The van der Waals surface area contributed by atoms with E-state index < -0.39 is 0 Å². The van der Waals surface area contributed by atoms with Gasteiger partial charge in [-0.1, -0.05) is 66.5 Å². The first-order chi connectivity index (χ1) is 11.1. The number of halogens is 1. The minimum absolute atomic E-state index is 0.228. The van der Waals surface area contributed by atoms with Crippen LogP contribution in [0.3, 0.4) is 0 Å². The molecule has 2 aromatic rings. The van der Waals surface area contributed by atoms with E-state index in [2.05, 4.69) is 22.9 Å². The summed E-state index contributed by atoms with van der Waals surface area (Å²) in [4.78, 5) is 11.7. The maximum atomic E-state index is 12.0. The van der Waals surface area contributed by atoms with Gasteiger partial charge in [-0.25, -0.2) is 0 Å². The number of alkyl halides is 1. The molecule has 0 fully saturated rings. The predicted molar refractivity (Wildman–Crippen MR) is 94.9 cm³/mol. The highest BCUT2D eigenvalue weighted by Gasteiger charge is 2.22. The Morgan fingerprint density at radius 1 is 1.09 bits per heavy atom. The van der Waals surface area contributed by atoms with E-state index in [1.807, 2.05) is 61.5 Å². The zero-order valence-corrected chi connectivity index (χ0v) is 15.0. The molecule has 0 amide bonds. The van der Waals surface area contributed by atoms with Gasteiger partial charge in [0.05, 0.1) is 0 Å². The van der Waals surface area contributed by atoms with Crippen molar-refractivity contribution in [1.82, 2.24) is 0 Å². The highest BCUT2D eigenvalue weighted by atomic mass is 79.9. The lowest BCUT2D eigenvalue weighted by Gasteiger charge is -2.15. The van der Waals surface area contributed by atoms with Gasteiger partial charge in [-0.3, -0.25) is 4.79 Å². The van der Waals surface area contributed by atoms with Gasteiger partial charge in [0, 0.05) is 0 Å². The van der Waals surface area contributed by atoms with Gasteiger partial charge in [-0.2, -0.15) is 0 Å². The zero-order chi connectivity index (χ0) is 16.7. The van der Waals surface area contributed by atoms with Crippen molar-refractivity contribution in [2.24, 2.45) is 5.92 Å². The fraction of sp³-hybridized carbons (Fsp3) is 0.316. The van der Waals surface area contributed by atoms with Gasteiger partial charge in [-0.15, -0.1) is 0 Å². The quantitative estimate of drug-likeness (QED) is 0.483. The van der Waals surface area contributed by atoms with Crippen molar-refractivity contribution in [3.8, 4) is 11.5 Å². The Morgan fingerprint density at radius 2 is 1.78 bits per heavy atom. The largest absolute Gasteiger partial charge is 0.460 e. The predicted octanol–water partition coefficient (Wildman–Crippen LogP) is 5.33. The lowest BCUT2D eigenvalue weighted by atomic mass is 10.1. The summed E-state index contributed by atoms with van der Waals surface area (Å²) in [6.07, 6.45) is 0.922. The van der Waals surface area contributed by atoms with Crippen LogP contribution in [0.2, 0.25) is 0 Å². The van der Waals surface area contributed by atoms with E-state index in [1.165, 1.54) is 0 Å². The first-order valence-electron chi connectivity index (χ1n) is 7.72. The summed E-state index contributed by atoms with van der Waals surface area (Å²) in [7, 11) is 0. The highest BCUT2D eigenvalue weighted by molar-refractivity contribution is 9.10. The lowest BCUT2D eigenvalue weighted by Crippen LogP contribution is -2.23. The summed E-state index contributed by atoms with van der Waals surface area (Å²) >= 11 is 3.40. The number of carbonyl (C=O) groups excluding carboxylic acids is 1. The Kier molecular flexibility index (Phi) is 6.66. The molecule has 0 N–H and O–H groups in total. The van der Waals surface area contributed by atoms with Gasteiger partial charge >= 0.3 is 5.97 Å². The summed E-state index contributed by atoms with van der Waals surface area (Å²) in [6, 6.07) is 17.1. The number of benzene rings is 2. The van der Waals surface area contributed by atoms with Crippen LogP contribution < -0.4 is 4.74 Å². The van der Waals surface area contributed by atoms with Crippen LogP contribution >= 0.6 is 15.9 Å². The van der Waals surface area contributed by atoms with Crippen LogP contribution in [0.4, 0.5) is 0 Å². The number of para-hydroxylation sites is 1. The molecule has 0 aliphatic rings. The number of rotatable bonds is 7. The van der Waals surface area contributed by atoms with E-state index in [1.54, 1.807) is 0 Å². The molecule has 0 heterocycles. The molecule has 4 heteroatoms. The third-order valence-corrected chi connectivity index (χ3v) is 4.90. The molecule has 0 saturated carbocycles. The second-order valence-corrected chi connectivity index (χ2v) is 6.44. The standard InChI is InChI=1S/C19H21BrO3/c1-3-14(2)18(20)19(21)22-13-15-8-7-11-17(12-15)23-16-9-5-4-6-10-16/h4-12,14,18H,3,13H2,1-2H3. The Hall–Kier alpha value is -1.81. The fourth-order valence-corrected chi connectivity index (χ4v) is 2.50. The summed E-state index contributed by atoms with van der Waals surface area (Å²) in [5, 5.41) is 0. The number of ether oxygens (including phenoxy) is 2. The van der Waals surface area contributed by atoms with Crippen molar-refractivity contribution in [2.45, 2.75) is 31.7 Å². The minimum atomic E-state index is -0.267. The van der Waals surface area contributed by atoms with Crippen LogP contribution in [-0.4, -0.2) is 10.8 Å². The smallest absolute Gasteiger partial charge is 0.320 e. The van der Waals surface area contributed by atoms with Gasteiger partial charge in [-0.05, 0) is 35.7 Å². The molecule has 122 valence electrons. The summed E-state index contributed by atoms with van der Waals surface area (Å²) in [5.41, 5.74) is 0.899. The monoisotopic (exact) mass is 376 g/mol. The normalized spacial score (nSPS) is 13.2. The van der Waals surface area contributed by atoms with E-state index in [-0.39, 0.29) is 23.3 Å². The number of carbonyl (C=O) groups is 1. The molecular formula is C19H21BrO3. The molecule has 23 heavy (non-hydrogen) atoms. The van der Waals surface area contributed by atoms with Crippen molar-refractivity contribution in [1.29, 1.82) is 0 Å². The van der Waals surface area contributed by atoms with Crippen LogP contribution in [0.5, 0.6) is 11.5 Å². The van der Waals surface area contributed by atoms with Crippen molar-refractivity contribution in [3.63, 3.8) is 0 Å².